The smallest absolute Gasteiger partial charge is 0.244 e. The number of halogens is 2. The van der Waals surface area contributed by atoms with Crippen LogP contribution in [0, 0.1) is 5.92 Å². The van der Waals surface area contributed by atoms with Crippen molar-refractivity contribution in [3.8, 4) is 0 Å². The van der Waals surface area contributed by atoms with Gasteiger partial charge in [0.05, 0.1) is 11.4 Å². The molecule has 1 saturated heterocycles. The Morgan fingerprint density at radius 1 is 1.11 bits per heavy atom. The molecule has 2 heterocycles. The quantitative estimate of drug-likeness (QED) is 0.814. The van der Waals surface area contributed by atoms with Gasteiger partial charge in [-0.05, 0) is 55.8 Å². The standard InChI is InChI=1S/C21H21Cl2N3O2/c22-16-6-5-15(17(23)11-16)12-25-9-7-14(8-10-25)21(28)26-13-20(27)24-18-3-1-2-4-19(18)26/h1-6,11,14H,7-10,12-13H2,(H,24,27). The first-order valence-corrected chi connectivity index (χ1v) is 10.1. The van der Waals surface area contributed by atoms with Crippen molar-refractivity contribution in [3.63, 3.8) is 0 Å². The molecule has 2 aliphatic heterocycles. The van der Waals surface area contributed by atoms with Crippen molar-refractivity contribution in [2.75, 3.05) is 29.9 Å². The fourth-order valence-corrected chi connectivity index (χ4v) is 4.35. The lowest BCUT2D eigenvalue weighted by atomic mass is 9.94. The van der Waals surface area contributed by atoms with Crippen LogP contribution in [-0.4, -0.2) is 36.3 Å². The molecular formula is C21H21Cl2N3O2. The number of hydrogen-bond donors (Lipinski definition) is 1. The van der Waals surface area contributed by atoms with Crippen LogP contribution >= 0.6 is 23.2 Å². The van der Waals surface area contributed by atoms with E-state index in [0.717, 1.165) is 43.7 Å². The molecule has 4 rings (SSSR count). The van der Waals surface area contributed by atoms with Crippen LogP contribution < -0.4 is 10.2 Å². The molecule has 2 amide bonds. The first-order valence-electron chi connectivity index (χ1n) is 9.38. The molecule has 2 aromatic carbocycles. The summed E-state index contributed by atoms with van der Waals surface area (Å²) >= 11 is 12.2. The normalized spacial score (nSPS) is 17.9. The highest BCUT2D eigenvalue weighted by Gasteiger charge is 2.33. The summed E-state index contributed by atoms with van der Waals surface area (Å²) in [6, 6.07) is 13.0. The molecule has 28 heavy (non-hydrogen) atoms. The van der Waals surface area contributed by atoms with Gasteiger partial charge in [-0.1, -0.05) is 41.4 Å². The molecule has 0 radical (unpaired) electrons. The number of rotatable bonds is 3. The Morgan fingerprint density at radius 3 is 2.61 bits per heavy atom. The molecule has 0 spiro atoms. The molecule has 2 aliphatic rings. The minimum atomic E-state index is -0.151. The van der Waals surface area contributed by atoms with Crippen molar-refractivity contribution >= 4 is 46.4 Å². The highest BCUT2D eigenvalue weighted by Crippen LogP contribution is 2.32. The minimum absolute atomic E-state index is 0.0338. The number of nitrogens with one attached hydrogen (secondary N) is 1. The fraction of sp³-hybridized carbons (Fsp3) is 0.333. The minimum Gasteiger partial charge on any atom is -0.323 e. The summed E-state index contributed by atoms with van der Waals surface area (Å²) in [5.41, 5.74) is 2.52. The van der Waals surface area contributed by atoms with Gasteiger partial charge in [0, 0.05) is 22.5 Å². The van der Waals surface area contributed by atoms with E-state index in [2.05, 4.69) is 10.2 Å². The molecule has 0 bridgehead atoms. The summed E-state index contributed by atoms with van der Waals surface area (Å²) in [5, 5.41) is 4.13. The van der Waals surface area contributed by atoms with Crippen molar-refractivity contribution in [3.05, 3.63) is 58.1 Å². The van der Waals surface area contributed by atoms with Crippen molar-refractivity contribution in [1.29, 1.82) is 0 Å². The molecular weight excluding hydrogens is 397 g/mol. The largest absolute Gasteiger partial charge is 0.323 e. The molecule has 0 atom stereocenters. The van der Waals surface area contributed by atoms with E-state index < -0.39 is 0 Å². The van der Waals surface area contributed by atoms with Gasteiger partial charge >= 0.3 is 0 Å². The summed E-state index contributed by atoms with van der Waals surface area (Å²) in [4.78, 5) is 29.0. The lowest BCUT2D eigenvalue weighted by molar-refractivity contribution is -0.125. The van der Waals surface area contributed by atoms with Crippen LogP contribution in [0.5, 0.6) is 0 Å². The number of piperidine rings is 1. The van der Waals surface area contributed by atoms with E-state index in [0.29, 0.717) is 15.7 Å². The number of amides is 2. The number of carbonyl (C=O) groups is 2. The molecule has 7 heteroatoms. The third kappa shape index (κ3) is 4.02. The van der Waals surface area contributed by atoms with Crippen LogP contribution in [-0.2, 0) is 16.1 Å². The van der Waals surface area contributed by atoms with Gasteiger partial charge in [-0.25, -0.2) is 0 Å². The molecule has 0 aliphatic carbocycles. The lowest BCUT2D eigenvalue weighted by Crippen LogP contribution is -2.47. The Bertz CT molecular complexity index is 910. The second-order valence-corrected chi connectivity index (χ2v) is 8.12. The van der Waals surface area contributed by atoms with Crippen LogP contribution in [0.4, 0.5) is 11.4 Å². The summed E-state index contributed by atoms with van der Waals surface area (Å²) in [7, 11) is 0. The van der Waals surface area contributed by atoms with Crippen LogP contribution in [0.25, 0.3) is 0 Å². The van der Waals surface area contributed by atoms with Gasteiger partial charge in [0.15, 0.2) is 0 Å². The van der Waals surface area contributed by atoms with Crippen molar-refractivity contribution < 1.29 is 9.59 Å². The molecule has 5 nitrogen and oxygen atoms in total. The summed E-state index contributed by atoms with van der Waals surface area (Å²) in [6.07, 6.45) is 1.54. The van der Waals surface area contributed by atoms with Crippen molar-refractivity contribution in [2.24, 2.45) is 5.92 Å². The maximum Gasteiger partial charge on any atom is 0.244 e. The molecule has 2 aromatic rings. The molecule has 1 N–H and O–H groups in total. The van der Waals surface area contributed by atoms with Gasteiger partial charge in [-0.15, -0.1) is 0 Å². The molecule has 0 aromatic heterocycles. The van der Waals surface area contributed by atoms with Crippen molar-refractivity contribution in [1.82, 2.24) is 4.90 Å². The van der Waals surface area contributed by atoms with Gasteiger partial charge in [0.2, 0.25) is 11.8 Å². The zero-order valence-electron chi connectivity index (χ0n) is 15.3. The Kier molecular flexibility index (Phi) is 5.58. The Morgan fingerprint density at radius 2 is 1.86 bits per heavy atom. The SMILES string of the molecule is O=C1CN(C(=O)C2CCN(Cc3ccc(Cl)cc3Cl)CC2)c2ccccc2N1. The topological polar surface area (TPSA) is 52.7 Å². The van der Waals surface area contributed by atoms with Gasteiger partial charge in [0.25, 0.3) is 0 Å². The highest BCUT2D eigenvalue weighted by molar-refractivity contribution is 6.35. The van der Waals surface area contributed by atoms with Gasteiger partial charge in [-0.2, -0.15) is 0 Å². The Labute approximate surface area is 174 Å². The lowest BCUT2D eigenvalue weighted by Gasteiger charge is -2.36. The average Bonchev–Trinajstić information content (AvgIpc) is 2.69. The molecule has 146 valence electrons. The number of nitrogens with zero attached hydrogens (tertiary/aromatic N) is 2. The fourth-order valence-electron chi connectivity index (χ4n) is 3.88. The molecule has 0 unspecified atom stereocenters. The zero-order valence-corrected chi connectivity index (χ0v) is 16.8. The Balaban J connectivity index is 1.40. The first kappa shape index (κ1) is 19.2. The second-order valence-electron chi connectivity index (χ2n) is 7.28. The molecule has 0 saturated carbocycles. The van der Waals surface area contributed by atoms with Crippen molar-refractivity contribution in [2.45, 2.75) is 19.4 Å². The summed E-state index contributed by atoms with van der Waals surface area (Å²) in [6.45, 7) is 2.45. The predicted molar refractivity (Wildman–Crippen MR) is 112 cm³/mol. The number of para-hydroxylation sites is 2. The van der Waals surface area contributed by atoms with Gasteiger partial charge < -0.3 is 10.2 Å². The monoisotopic (exact) mass is 417 g/mol. The predicted octanol–water partition coefficient (Wildman–Crippen LogP) is 4.19. The van der Waals surface area contributed by atoms with Crippen LogP contribution in [0.2, 0.25) is 10.0 Å². The van der Waals surface area contributed by atoms with Gasteiger partial charge in [0.1, 0.15) is 6.54 Å². The second kappa shape index (κ2) is 8.11. The molecule has 1 fully saturated rings. The zero-order chi connectivity index (χ0) is 19.7. The first-order chi connectivity index (χ1) is 13.5. The van der Waals surface area contributed by atoms with Crippen LogP contribution in [0.1, 0.15) is 18.4 Å². The Hall–Kier alpha value is -2.08. The number of likely N-dealkylation sites (tertiary alicyclic amines) is 1. The number of fused-ring (bicyclic) bond motifs is 1. The number of benzene rings is 2. The number of anilines is 2. The summed E-state index contributed by atoms with van der Waals surface area (Å²) in [5.74, 6) is -0.191. The summed E-state index contributed by atoms with van der Waals surface area (Å²) < 4.78 is 0. The van der Waals surface area contributed by atoms with E-state index >= 15 is 0 Å². The van der Waals surface area contributed by atoms with E-state index in [9.17, 15) is 9.59 Å². The third-order valence-corrected chi connectivity index (χ3v) is 5.97. The van der Waals surface area contributed by atoms with E-state index in [1.54, 1.807) is 11.0 Å². The number of hydrogen-bond acceptors (Lipinski definition) is 3. The van der Waals surface area contributed by atoms with Crippen LogP contribution in [0.15, 0.2) is 42.5 Å². The van der Waals surface area contributed by atoms with Crippen LogP contribution in [0.3, 0.4) is 0 Å². The number of carbonyl (C=O) groups excluding carboxylic acids is 2. The van der Waals surface area contributed by atoms with E-state index in [1.807, 2.05) is 36.4 Å². The maximum atomic E-state index is 13.1. The maximum absolute atomic E-state index is 13.1. The third-order valence-electron chi connectivity index (χ3n) is 5.38. The van der Waals surface area contributed by atoms with Gasteiger partial charge in [-0.3, -0.25) is 14.5 Å². The van der Waals surface area contributed by atoms with E-state index in [1.165, 1.54) is 0 Å². The van der Waals surface area contributed by atoms with E-state index in [4.69, 9.17) is 23.2 Å². The average molecular weight is 418 g/mol. The highest BCUT2D eigenvalue weighted by atomic mass is 35.5. The van der Waals surface area contributed by atoms with E-state index in [-0.39, 0.29) is 24.3 Å².